The average molecular weight is 204 g/mol. The summed E-state index contributed by atoms with van der Waals surface area (Å²) >= 11 is 5.66. The molecule has 0 saturated carbocycles. The summed E-state index contributed by atoms with van der Waals surface area (Å²) in [7, 11) is 3.63. The molecule has 4 nitrogen and oxygen atoms in total. The molecule has 1 rings (SSSR count). The van der Waals surface area contributed by atoms with E-state index >= 15 is 0 Å². The summed E-state index contributed by atoms with van der Waals surface area (Å²) < 4.78 is 6.89. The van der Waals surface area contributed by atoms with Crippen molar-refractivity contribution < 1.29 is 4.74 Å². The van der Waals surface area contributed by atoms with Gasteiger partial charge in [-0.3, -0.25) is 0 Å². The summed E-state index contributed by atoms with van der Waals surface area (Å²) in [4.78, 5) is 0. The standard InChI is InChI=1S/C8H14ClN3O/c1-12-7(4-3-5-13-2)10-11-8(12)6-9/h3-6H2,1-2H3. The van der Waals surface area contributed by atoms with Crippen LogP contribution in [0.2, 0.25) is 0 Å². The van der Waals surface area contributed by atoms with Gasteiger partial charge in [-0.1, -0.05) is 0 Å². The average Bonchev–Trinajstić information content (AvgIpc) is 2.48. The Morgan fingerprint density at radius 2 is 2.08 bits per heavy atom. The third kappa shape index (κ3) is 2.67. The molecule has 13 heavy (non-hydrogen) atoms. The van der Waals surface area contributed by atoms with Crippen molar-refractivity contribution in [2.45, 2.75) is 18.7 Å². The van der Waals surface area contributed by atoms with E-state index < -0.39 is 0 Å². The normalized spacial score (nSPS) is 10.7. The fourth-order valence-electron chi connectivity index (χ4n) is 1.11. The van der Waals surface area contributed by atoms with Gasteiger partial charge in [-0.25, -0.2) is 0 Å². The van der Waals surface area contributed by atoms with E-state index in [0.717, 1.165) is 31.1 Å². The molecule has 1 aromatic heterocycles. The second kappa shape index (κ2) is 5.19. The summed E-state index contributed by atoms with van der Waals surface area (Å²) in [5, 5.41) is 7.98. The van der Waals surface area contributed by atoms with E-state index in [1.807, 2.05) is 11.6 Å². The molecular formula is C8H14ClN3O. The zero-order valence-corrected chi connectivity index (χ0v) is 8.71. The first kappa shape index (κ1) is 10.5. The number of hydrogen-bond acceptors (Lipinski definition) is 3. The van der Waals surface area contributed by atoms with Crippen molar-refractivity contribution in [3.63, 3.8) is 0 Å². The van der Waals surface area contributed by atoms with Crippen LogP contribution in [-0.4, -0.2) is 28.5 Å². The first-order valence-electron chi connectivity index (χ1n) is 4.21. The highest BCUT2D eigenvalue weighted by Crippen LogP contribution is 2.04. The Balaban J connectivity index is 2.51. The molecule has 0 aliphatic carbocycles. The summed E-state index contributed by atoms with van der Waals surface area (Å²) in [6, 6.07) is 0. The number of rotatable bonds is 5. The number of halogens is 1. The quantitative estimate of drug-likeness (QED) is 0.532. The van der Waals surface area contributed by atoms with Crippen LogP contribution in [0.5, 0.6) is 0 Å². The van der Waals surface area contributed by atoms with Crippen molar-refractivity contribution in [1.82, 2.24) is 14.8 Å². The van der Waals surface area contributed by atoms with Gasteiger partial charge in [-0.05, 0) is 6.42 Å². The molecular weight excluding hydrogens is 190 g/mol. The molecule has 0 saturated heterocycles. The molecule has 1 aromatic rings. The van der Waals surface area contributed by atoms with Gasteiger partial charge < -0.3 is 9.30 Å². The third-order valence-corrected chi connectivity index (χ3v) is 2.16. The van der Waals surface area contributed by atoms with Crippen molar-refractivity contribution in [3.05, 3.63) is 11.6 Å². The van der Waals surface area contributed by atoms with Gasteiger partial charge in [0.2, 0.25) is 0 Å². The third-order valence-electron chi connectivity index (χ3n) is 1.92. The summed E-state index contributed by atoms with van der Waals surface area (Å²) in [6.07, 6.45) is 1.85. The molecule has 74 valence electrons. The van der Waals surface area contributed by atoms with Crippen LogP contribution in [-0.2, 0) is 24.1 Å². The van der Waals surface area contributed by atoms with Crippen molar-refractivity contribution in [1.29, 1.82) is 0 Å². The number of ether oxygens (including phenoxy) is 1. The molecule has 5 heteroatoms. The summed E-state index contributed by atoms with van der Waals surface area (Å²) in [5.41, 5.74) is 0. The monoisotopic (exact) mass is 203 g/mol. The van der Waals surface area contributed by atoms with Gasteiger partial charge in [-0.2, -0.15) is 0 Å². The predicted molar refractivity (Wildman–Crippen MR) is 50.8 cm³/mol. The molecule has 0 amide bonds. The fourth-order valence-corrected chi connectivity index (χ4v) is 1.34. The lowest BCUT2D eigenvalue weighted by atomic mass is 10.3. The van der Waals surface area contributed by atoms with Crippen LogP contribution >= 0.6 is 11.6 Å². The smallest absolute Gasteiger partial charge is 0.147 e. The Kier molecular flexibility index (Phi) is 4.18. The fraction of sp³-hybridized carbons (Fsp3) is 0.750. The minimum Gasteiger partial charge on any atom is -0.385 e. The molecule has 0 aliphatic heterocycles. The zero-order chi connectivity index (χ0) is 9.68. The molecule has 0 radical (unpaired) electrons. The van der Waals surface area contributed by atoms with Gasteiger partial charge in [0, 0.05) is 27.2 Å². The van der Waals surface area contributed by atoms with Gasteiger partial charge in [0.05, 0.1) is 5.88 Å². The highest BCUT2D eigenvalue weighted by Gasteiger charge is 2.06. The Bertz CT molecular complexity index is 262. The van der Waals surface area contributed by atoms with E-state index in [9.17, 15) is 0 Å². The molecule has 0 spiro atoms. The van der Waals surface area contributed by atoms with Gasteiger partial charge in [0.1, 0.15) is 11.6 Å². The summed E-state index contributed by atoms with van der Waals surface area (Å²) in [6.45, 7) is 0.753. The lowest BCUT2D eigenvalue weighted by Crippen LogP contribution is -2.02. The molecule has 0 N–H and O–H groups in total. The second-order valence-corrected chi connectivity index (χ2v) is 3.09. The van der Waals surface area contributed by atoms with E-state index in [4.69, 9.17) is 16.3 Å². The number of aromatic nitrogens is 3. The number of methoxy groups -OCH3 is 1. The van der Waals surface area contributed by atoms with Crippen LogP contribution in [0.15, 0.2) is 0 Å². The number of alkyl halides is 1. The maximum absolute atomic E-state index is 5.66. The maximum atomic E-state index is 5.66. The van der Waals surface area contributed by atoms with Crippen LogP contribution in [0.4, 0.5) is 0 Å². The van der Waals surface area contributed by atoms with E-state index in [1.165, 1.54) is 0 Å². The van der Waals surface area contributed by atoms with Crippen molar-refractivity contribution in [2.75, 3.05) is 13.7 Å². The molecule has 0 aromatic carbocycles. The van der Waals surface area contributed by atoms with Crippen LogP contribution in [0.3, 0.4) is 0 Å². The first-order valence-corrected chi connectivity index (χ1v) is 4.75. The predicted octanol–water partition coefficient (Wildman–Crippen LogP) is 1.13. The highest BCUT2D eigenvalue weighted by atomic mass is 35.5. The van der Waals surface area contributed by atoms with Crippen molar-refractivity contribution >= 4 is 11.6 Å². The number of nitrogens with zero attached hydrogens (tertiary/aromatic N) is 3. The lowest BCUT2D eigenvalue weighted by Gasteiger charge is -2.01. The molecule has 0 atom stereocenters. The Morgan fingerprint density at radius 1 is 1.38 bits per heavy atom. The van der Waals surface area contributed by atoms with Crippen molar-refractivity contribution in [2.24, 2.45) is 7.05 Å². The lowest BCUT2D eigenvalue weighted by molar-refractivity contribution is 0.194. The topological polar surface area (TPSA) is 39.9 Å². The van der Waals surface area contributed by atoms with E-state index in [0.29, 0.717) is 5.88 Å². The number of hydrogen-bond donors (Lipinski definition) is 0. The Labute approximate surface area is 82.9 Å². The van der Waals surface area contributed by atoms with Gasteiger partial charge >= 0.3 is 0 Å². The molecule has 0 unspecified atom stereocenters. The maximum Gasteiger partial charge on any atom is 0.147 e. The van der Waals surface area contributed by atoms with Crippen LogP contribution in [0.1, 0.15) is 18.1 Å². The van der Waals surface area contributed by atoms with Crippen LogP contribution in [0, 0.1) is 0 Å². The molecule has 0 aliphatic rings. The first-order chi connectivity index (χ1) is 6.29. The molecule has 1 heterocycles. The summed E-state index contributed by atoms with van der Waals surface area (Å²) in [5.74, 6) is 2.19. The van der Waals surface area contributed by atoms with Gasteiger partial charge in [0.25, 0.3) is 0 Å². The zero-order valence-electron chi connectivity index (χ0n) is 7.96. The SMILES string of the molecule is COCCCc1nnc(CCl)n1C. The van der Waals surface area contributed by atoms with Crippen LogP contribution < -0.4 is 0 Å². The Morgan fingerprint density at radius 3 is 2.62 bits per heavy atom. The van der Waals surface area contributed by atoms with E-state index in [2.05, 4.69) is 10.2 Å². The van der Waals surface area contributed by atoms with Gasteiger partial charge in [-0.15, -0.1) is 21.8 Å². The minimum absolute atomic E-state index is 0.410. The van der Waals surface area contributed by atoms with Crippen LogP contribution in [0.25, 0.3) is 0 Å². The highest BCUT2D eigenvalue weighted by molar-refractivity contribution is 6.16. The van der Waals surface area contributed by atoms with E-state index in [1.54, 1.807) is 7.11 Å². The van der Waals surface area contributed by atoms with E-state index in [-0.39, 0.29) is 0 Å². The minimum atomic E-state index is 0.410. The largest absolute Gasteiger partial charge is 0.385 e. The van der Waals surface area contributed by atoms with Crippen molar-refractivity contribution in [3.8, 4) is 0 Å². The number of aryl methyl sites for hydroxylation is 1. The molecule has 0 bridgehead atoms. The second-order valence-electron chi connectivity index (χ2n) is 2.82. The Hall–Kier alpha value is -0.610. The molecule has 0 fully saturated rings. The van der Waals surface area contributed by atoms with Gasteiger partial charge in [0.15, 0.2) is 0 Å².